The molecule has 2 fully saturated rings. The molecule has 0 spiro atoms. The van der Waals surface area contributed by atoms with Gasteiger partial charge in [0.05, 0.1) is 11.1 Å². The third kappa shape index (κ3) is 7.59. The molecule has 6 nitrogen and oxygen atoms in total. The van der Waals surface area contributed by atoms with E-state index in [0.717, 1.165) is 37.5 Å². The number of ether oxygens (including phenoxy) is 1. The van der Waals surface area contributed by atoms with Crippen molar-refractivity contribution >= 4 is 11.9 Å². The number of aliphatic carboxylic acids is 1. The van der Waals surface area contributed by atoms with Gasteiger partial charge in [-0.05, 0) is 73.8 Å². The summed E-state index contributed by atoms with van der Waals surface area (Å²) in [6.07, 6.45) is -1.69. The summed E-state index contributed by atoms with van der Waals surface area (Å²) < 4.78 is 76.4. The molecule has 1 aliphatic carbocycles. The van der Waals surface area contributed by atoms with Crippen molar-refractivity contribution in [1.82, 2.24) is 10.2 Å². The van der Waals surface area contributed by atoms with Gasteiger partial charge in [0.15, 0.2) is 0 Å². The maximum atomic E-state index is 15.8. The molecule has 1 amide bonds. The number of nitrogens with zero attached hydrogens (tertiary/aromatic N) is 1. The van der Waals surface area contributed by atoms with E-state index < -0.39 is 47.1 Å². The van der Waals surface area contributed by atoms with Crippen molar-refractivity contribution in [2.75, 3.05) is 19.7 Å². The number of carbonyl (C=O) groups excluding carboxylic acids is 1. The zero-order valence-electron chi connectivity index (χ0n) is 24.0. The molecule has 0 radical (unpaired) electrons. The van der Waals surface area contributed by atoms with Crippen LogP contribution in [-0.2, 0) is 17.5 Å². The van der Waals surface area contributed by atoms with E-state index in [1.165, 1.54) is 6.07 Å². The van der Waals surface area contributed by atoms with Crippen LogP contribution in [0, 0.1) is 18.7 Å². The summed E-state index contributed by atoms with van der Waals surface area (Å²) in [5.74, 6) is -3.19. The molecule has 230 valence electrons. The Morgan fingerprint density at radius 3 is 2.33 bits per heavy atom. The van der Waals surface area contributed by atoms with Crippen molar-refractivity contribution in [2.24, 2.45) is 5.92 Å². The van der Waals surface area contributed by atoms with Gasteiger partial charge < -0.3 is 15.2 Å². The number of carboxylic acid groups (broad SMARTS) is 1. The lowest BCUT2D eigenvalue weighted by Gasteiger charge is -2.37. The Bertz CT molecular complexity index is 1300. The maximum absolute atomic E-state index is 15.8. The number of halogens is 5. The molecule has 1 unspecified atom stereocenters. The van der Waals surface area contributed by atoms with Gasteiger partial charge in [0.2, 0.25) is 0 Å². The predicted molar refractivity (Wildman–Crippen MR) is 147 cm³/mol. The number of alkyl halides is 4. The Morgan fingerprint density at radius 1 is 1.12 bits per heavy atom. The molecule has 1 aliphatic heterocycles. The van der Waals surface area contributed by atoms with E-state index in [1.54, 1.807) is 26.8 Å². The van der Waals surface area contributed by atoms with Gasteiger partial charge in [0.25, 0.3) is 5.91 Å². The predicted octanol–water partition coefficient (Wildman–Crippen LogP) is 6.64. The molecular formula is C31H37F5N2O4. The standard InChI is InChI=1S/C31H37F5N2O4/c1-18(2)27(29(40)41)37-28(39)24-14-23(21-5-4-6-21)26(15-25(24)32)42-17-30(33)7-9-38(10-8-30)16-20-11-19(3)12-22(13-20)31(34,35)36/h11-15,18,21,27H,4-10,16-17H2,1-3H3,(H,37,39)(H,40,41). The minimum absolute atomic E-state index is 0.0147. The molecule has 11 heteroatoms. The zero-order chi connectivity index (χ0) is 30.8. The summed E-state index contributed by atoms with van der Waals surface area (Å²) in [5.41, 5.74) is -1.10. The quantitative estimate of drug-likeness (QED) is 0.301. The van der Waals surface area contributed by atoms with Crippen molar-refractivity contribution in [3.63, 3.8) is 0 Å². The van der Waals surface area contributed by atoms with Crippen LogP contribution in [0.5, 0.6) is 5.75 Å². The first kappa shape index (κ1) is 31.7. The van der Waals surface area contributed by atoms with Crippen LogP contribution in [-0.4, -0.2) is 53.3 Å². The Labute approximate surface area is 242 Å². The van der Waals surface area contributed by atoms with Crippen LogP contribution in [0.4, 0.5) is 22.0 Å². The summed E-state index contributed by atoms with van der Waals surface area (Å²) in [4.78, 5) is 26.2. The van der Waals surface area contributed by atoms with Crippen molar-refractivity contribution in [2.45, 2.75) is 83.2 Å². The van der Waals surface area contributed by atoms with E-state index in [-0.39, 0.29) is 43.2 Å². The van der Waals surface area contributed by atoms with Crippen molar-refractivity contribution in [1.29, 1.82) is 0 Å². The van der Waals surface area contributed by atoms with Gasteiger partial charge in [-0.1, -0.05) is 31.9 Å². The highest BCUT2D eigenvalue weighted by Crippen LogP contribution is 2.42. The fourth-order valence-electron chi connectivity index (χ4n) is 5.48. The van der Waals surface area contributed by atoms with E-state index in [9.17, 15) is 27.9 Å². The summed E-state index contributed by atoms with van der Waals surface area (Å²) in [7, 11) is 0. The molecule has 0 aromatic heterocycles. The highest BCUT2D eigenvalue weighted by Gasteiger charge is 2.37. The summed E-state index contributed by atoms with van der Waals surface area (Å²) >= 11 is 0. The fraction of sp³-hybridized carbons (Fsp3) is 0.548. The van der Waals surface area contributed by atoms with E-state index >= 15 is 8.78 Å². The monoisotopic (exact) mass is 596 g/mol. The Kier molecular flexibility index (Phi) is 9.49. The second-order valence-electron chi connectivity index (χ2n) is 12.0. The molecule has 0 bridgehead atoms. The van der Waals surface area contributed by atoms with Crippen LogP contribution >= 0.6 is 0 Å². The Hall–Kier alpha value is -3.21. The van der Waals surface area contributed by atoms with Crippen LogP contribution in [0.2, 0.25) is 0 Å². The number of carboxylic acids is 1. The summed E-state index contributed by atoms with van der Waals surface area (Å²) in [6, 6.07) is 5.19. The highest BCUT2D eigenvalue weighted by atomic mass is 19.4. The smallest absolute Gasteiger partial charge is 0.416 e. The van der Waals surface area contributed by atoms with Gasteiger partial charge in [-0.25, -0.2) is 13.6 Å². The third-order valence-corrected chi connectivity index (χ3v) is 8.22. The average molecular weight is 597 g/mol. The van der Waals surface area contributed by atoms with Crippen LogP contribution in [0.3, 0.4) is 0 Å². The topological polar surface area (TPSA) is 78.9 Å². The number of carbonyl (C=O) groups is 2. The maximum Gasteiger partial charge on any atom is 0.416 e. The molecule has 42 heavy (non-hydrogen) atoms. The second-order valence-corrected chi connectivity index (χ2v) is 12.0. The number of benzene rings is 2. The van der Waals surface area contributed by atoms with Crippen LogP contribution < -0.4 is 10.1 Å². The molecule has 1 saturated heterocycles. The minimum atomic E-state index is -4.44. The number of hydrogen-bond donors (Lipinski definition) is 2. The molecule has 2 aromatic carbocycles. The normalized spacial score (nSPS) is 18.4. The van der Waals surface area contributed by atoms with Gasteiger partial charge in [-0.2, -0.15) is 13.2 Å². The first-order chi connectivity index (χ1) is 19.6. The summed E-state index contributed by atoms with van der Waals surface area (Å²) in [6.45, 7) is 5.45. The molecule has 2 N–H and O–H groups in total. The first-order valence-corrected chi connectivity index (χ1v) is 14.2. The number of nitrogens with one attached hydrogen (secondary N) is 1. The zero-order valence-corrected chi connectivity index (χ0v) is 24.0. The first-order valence-electron chi connectivity index (χ1n) is 14.2. The number of amides is 1. The average Bonchev–Trinajstić information content (AvgIpc) is 2.86. The van der Waals surface area contributed by atoms with Crippen LogP contribution in [0.25, 0.3) is 0 Å². The third-order valence-electron chi connectivity index (χ3n) is 8.22. The molecule has 1 saturated carbocycles. The van der Waals surface area contributed by atoms with E-state index in [1.807, 2.05) is 4.90 Å². The molecule has 2 aromatic rings. The lowest BCUT2D eigenvalue weighted by atomic mass is 9.79. The highest BCUT2D eigenvalue weighted by molar-refractivity contribution is 5.97. The SMILES string of the molecule is Cc1cc(CN2CCC(F)(COc3cc(F)c(C(=O)NC(C(=O)O)C(C)C)cc3C3CCC3)CC2)cc(C(F)(F)F)c1. The molecule has 1 atom stereocenters. The van der Waals surface area contributed by atoms with Crippen molar-refractivity contribution in [3.05, 3.63) is 64.0 Å². The van der Waals surface area contributed by atoms with Gasteiger partial charge >= 0.3 is 12.1 Å². The van der Waals surface area contributed by atoms with Gasteiger partial charge in [-0.3, -0.25) is 9.69 Å². The summed E-state index contributed by atoms with van der Waals surface area (Å²) in [5, 5.41) is 11.8. The number of rotatable bonds is 10. The number of likely N-dealkylation sites (tertiary alicyclic amines) is 1. The second kappa shape index (κ2) is 12.6. The van der Waals surface area contributed by atoms with Crippen LogP contribution in [0.15, 0.2) is 30.3 Å². The lowest BCUT2D eigenvalue weighted by molar-refractivity contribution is -0.140. The lowest BCUT2D eigenvalue weighted by Crippen LogP contribution is -2.45. The number of hydrogen-bond acceptors (Lipinski definition) is 4. The van der Waals surface area contributed by atoms with Crippen LogP contribution in [0.1, 0.15) is 84.5 Å². The Balaban J connectivity index is 1.42. The number of piperidine rings is 1. The minimum Gasteiger partial charge on any atom is -0.490 e. The Morgan fingerprint density at radius 2 is 1.79 bits per heavy atom. The molecule has 1 heterocycles. The fourth-order valence-corrected chi connectivity index (χ4v) is 5.48. The van der Waals surface area contributed by atoms with Gasteiger partial charge in [0, 0.05) is 25.7 Å². The molecular weight excluding hydrogens is 559 g/mol. The van der Waals surface area contributed by atoms with Gasteiger partial charge in [-0.15, -0.1) is 0 Å². The van der Waals surface area contributed by atoms with E-state index in [0.29, 0.717) is 29.8 Å². The van der Waals surface area contributed by atoms with Gasteiger partial charge in [0.1, 0.15) is 29.9 Å². The van der Waals surface area contributed by atoms with Crippen molar-refractivity contribution in [3.8, 4) is 5.75 Å². The molecule has 4 rings (SSSR count). The largest absolute Gasteiger partial charge is 0.490 e. The number of aryl methyl sites for hydroxylation is 1. The molecule has 2 aliphatic rings. The van der Waals surface area contributed by atoms with E-state index in [2.05, 4.69) is 5.32 Å². The van der Waals surface area contributed by atoms with Crippen molar-refractivity contribution < 1.29 is 41.4 Å². The van der Waals surface area contributed by atoms with E-state index in [4.69, 9.17) is 4.74 Å².